The minimum absolute atomic E-state index is 0.0885. The van der Waals surface area contributed by atoms with Crippen molar-refractivity contribution >= 4 is 29.2 Å². The molecule has 1 aromatic carbocycles. The number of rotatable bonds is 8. The molecule has 0 spiro atoms. The molecule has 0 fully saturated rings. The quantitative estimate of drug-likeness (QED) is 0.612. The Hall–Kier alpha value is -2.15. The average Bonchev–Trinajstić information content (AvgIpc) is 2.43. The zero-order valence-electron chi connectivity index (χ0n) is 11.6. The minimum atomic E-state index is -0.941. The zero-order chi connectivity index (χ0) is 15.7. The fourth-order valence-corrected chi connectivity index (χ4v) is 1.86. The highest BCUT2D eigenvalue weighted by atomic mass is 32.1. The summed E-state index contributed by atoms with van der Waals surface area (Å²) in [6, 6.07) is 9.68. The van der Waals surface area contributed by atoms with Crippen molar-refractivity contribution in [3.05, 3.63) is 35.9 Å². The van der Waals surface area contributed by atoms with Crippen LogP contribution in [0.25, 0.3) is 0 Å². The number of hydrogen-bond donors (Lipinski definition) is 3. The maximum atomic E-state index is 11.6. The molecule has 6 nitrogen and oxygen atoms in total. The number of nitrogens with two attached hydrogens (primary N) is 1. The largest absolute Gasteiger partial charge is 0.481 e. The monoisotopic (exact) mass is 309 g/mol. The van der Waals surface area contributed by atoms with Gasteiger partial charge in [0.05, 0.1) is 6.42 Å². The third kappa shape index (κ3) is 7.26. The van der Waals surface area contributed by atoms with E-state index in [2.05, 4.69) is 5.32 Å². The van der Waals surface area contributed by atoms with Crippen molar-refractivity contribution in [2.75, 3.05) is 13.1 Å². The van der Waals surface area contributed by atoms with Crippen LogP contribution in [-0.2, 0) is 16.1 Å². The van der Waals surface area contributed by atoms with Gasteiger partial charge in [0.15, 0.2) is 5.11 Å². The van der Waals surface area contributed by atoms with E-state index in [1.165, 1.54) is 0 Å². The molecule has 0 aliphatic heterocycles. The van der Waals surface area contributed by atoms with Gasteiger partial charge in [0.25, 0.3) is 0 Å². The molecule has 0 atom stereocenters. The predicted molar refractivity (Wildman–Crippen MR) is 83.5 cm³/mol. The van der Waals surface area contributed by atoms with E-state index in [1.54, 1.807) is 4.90 Å². The molecular weight excluding hydrogens is 290 g/mol. The molecule has 1 amide bonds. The van der Waals surface area contributed by atoms with Crippen molar-refractivity contribution < 1.29 is 14.7 Å². The lowest BCUT2D eigenvalue weighted by atomic mass is 10.2. The normalized spacial score (nSPS) is 9.90. The van der Waals surface area contributed by atoms with Crippen LogP contribution in [0.15, 0.2) is 30.3 Å². The van der Waals surface area contributed by atoms with Gasteiger partial charge >= 0.3 is 5.97 Å². The first kappa shape index (κ1) is 16.9. The van der Waals surface area contributed by atoms with Crippen molar-refractivity contribution in [1.82, 2.24) is 10.2 Å². The fourth-order valence-electron chi connectivity index (χ4n) is 1.70. The highest BCUT2D eigenvalue weighted by Crippen LogP contribution is 2.05. The van der Waals surface area contributed by atoms with Gasteiger partial charge in [-0.1, -0.05) is 30.3 Å². The van der Waals surface area contributed by atoms with Crippen molar-refractivity contribution in [3.8, 4) is 0 Å². The van der Waals surface area contributed by atoms with Crippen LogP contribution in [0.2, 0.25) is 0 Å². The number of carboxylic acids is 1. The molecular formula is C14H19N3O3S. The van der Waals surface area contributed by atoms with Gasteiger partial charge in [-0.05, 0) is 17.8 Å². The van der Waals surface area contributed by atoms with Gasteiger partial charge in [0, 0.05) is 26.1 Å². The molecule has 4 N–H and O–H groups in total. The van der Waals surface area contributed by atoms with E-state index >= 15 is 0 Å². The number of hydrogen-bond acceptors (Lipinski definition) is 3. The Bertz CT molecular complexity index is 493. The second kappa shape index (κ2) is 8.91. The molecule has 7 heteroatoms. The summed E-state index contributed by atoms with van der Waals surface area (Å²) in [6.45, 7) is 1.06. The summed E-state index contributed by atoms with van der Waals surface area (Å²) in [5.74, 6) is -1.16. The lowest BCUT2D eigenvalue weighted by Crippen LogP contribution is -2.38. The number of aliphatic carboxylic acids is 1. The lowest BCUT2D eigenvalue weighted by molar-refractivity contribution is -0.136. The first-order valence-electron chi connectivity index (χ1n) is 6.56. The highest BCUT2D eigenvalue weighted by molar-refractivity contribution is 7.80. The number of nitrogens with zero attached hydrogens (tertiary/aromatic N) is 1. The smallest absolute Gasteiger partial charge is 0.305 e. The topological polar surface area (TPSA) is 95.7 Å². The number of benzene rings is 1. The zero-order valence-corrected chi connectivity index (χ0v) is 12.4. The maximum Gasteiger partial charge on any atom is 0.305 e. The van der Waals surface area contributed by atoms with E-state index in [4.69, 9.17) is 23.1 Å². The Morgan fingerprint density at radius 1 is 1.24 bits per heavy atom. The summed E-state index contributed by atoms with van der Waals surface area (Å²) in [4.78, 5) is 23.7. The number of amides is 1. The Morgan fingerprint density at radius 3 is 2.48 bits per heavy atom. The molecule has 0 radical (unpaired) electrons. The maximum absolute atomic E-state index is 11.6. The van der Waals surface area contributed by atoms with E-state index in [1.807, 2.05) is 30.3 Å². The Kier molecular flexibility index (Phi) is 7.17. The molecule has 0 unspecified atom stereocenters. The molecule has 0 saturated heterocycles. The summed E-state index contributed by atoms with van der Waals surface area (Å²) in [6.07, 6.45) is 0.124. The van der Waals surface area contributed by atoms with Crippen LogP contribution < -0.4 is 11.1 Å². The van der Waals surface area contributed by atoms with Crippen molar-refractivity contribution in [1.29, 1.82) is 0 Å². The van der Waals surface area contributed by atoms with Crippen molar-refractivity contribution in [2.45, 2.75) is 19.4 Å². The van der Waals surface area contributed by atoms with Gasteiger partial charge in [-0.15, -0.1) is 0 Å². The number of thiocarbonyl (C=S) groups is 1. The second-order valence-electron chi connectivity index (χ2n) is 4.49. The Labute approximate surface area is 128 Å². The molecule has 114 valence electrons. The highest BCUT2D eigenvalue weighted by Gasteiger charge is 2.10. The van der Waals surface area contributed by atoms with E-state index < -0.39 is 5.97 Å². The van der Waals surface area contributed by atoms with Gasteiger partial charge < -0.3 is 21.1 Å². The Morgan fingerprint density at radius 2 is 1.90 bits per heavy atom. The number of carboxylic acid groups (broad SMARTS) is 1. The van der Waals surface area contributed by atoms with E-state index in [0.717, 1.165) is 5.56 Å². The van der Waals surface area contributed by atoms with Crippen LogP contribution in [0, 0.1) is 0 Å². The molecule has 1 aromatic rings. The van der Waals surface area contributed by atoms with Gasteiger partial charge in [-0.25, -0.2) is 0 Å². The van der Waals surface area contributed by atoms with Crippen molar-refractivity contribution in [3.63, 3.8) is 0 Å². The number of nitrogens with one attached hydrogen (secondary N) is 1. The van der Waals surface area contributed by atoms with Gasteiger partial charge in [0.1, 0.15) is 0 Å². The van der Waals surface area contributed by atoms with Gasteiger partial charge in [-0.2, -0.15) is 0 Å². The predicted octanol–water partition coefficient (Wildman–Crippen LogP) is 0.713. The summed E-state index contributed by atoms with van der Waals surface area (Å²) < 4.78 is 0. The van der Waals surface area contributed by atoms with Crippen LogP contribution in [0.4, 0.5) is 0 Å². The summed E-state index contributed by atoms with van der Waals surface area (Å²) in [5, 5.41) is 11.3. The van der Waals surface area contributed by atoms with E-state index in [0.29, 0.717) is 13.1 Å². The van der Waals surface area contributed by atoms with Crippen LogP contribution in [0.1, 0.15) is 18.4 Å². The summed E-state index contributed by atoms with van der Waals surface area (Å²) >= 11 is 4.98. The van der Waals surface area contributed by atoms with Crippen molar-refractivity contribution in [2.24, 2.45) is 5.73 Å². The van der Waals surface area contributed by atoms with E-state index in [-0.39, 0.29) is 30.4 Å². The van der Waals surface area contributed by atoms with Gasteiger partial charge in [0.2, 0.25) is 5.91 Å². The second-order valence-corrected chi connectivity index (χ2v) is 4.91. The summed E-state index contributed by atoms with van der Waals surface area (Å²) in [5.41, 5.74) is 6.71. The van der Waals surface area contributed by atoms with Crippen LogP contribution in [0.3, 0.4) is 0 Å². The number of carbonyl (C=O) groups excluding carboxylic acids is 1. The molecule has 0 heterocycles. The van der Waals surface area contributed by atoms with E-state index in [9.17, 15) is 9.59 Å². The molecule has 0 aromatic heterocycles. The first-order chi connectivity index (χ1) is 9.99. The molecule has 21 heavy (non-hydrogen) atoms. The standard InChI is InChI=1S/C14H19N3O3S/c15-14(21)17(10-11-4-2-1-3-5-11)9-7-12(18)16-8-6-13(19)20/h1-5H,6-10H2,(H2,15,21)(H,16,18)(H,19,20). The molecule has 0 aliphatic rings. The average molecular weight is 309 g/mol. The van der Waals surface area contributed by atoms with Crippen LogP contribution in [0.5, 0.6) is 0 Å². The third-order valence-corrected chi connectivity index (χ3v) is 3.06. The lowest BCUT2D eigenvalue weighted by Gasteiger charge is -2.22. The van der Waals surface area contributed by atoms with Crippen LogP contribution >= 0.6 is 12.2 Å². The van der Waals surface area contributed by atoms with Gasteiger partial charge in [-0.3, -0.25) is 9.59 Å². The molecule has 0 bridgehead atoms. The first-order valence-corrected chi connectivity index (χ1v) is 6.96. The molecule has 0 saturated carbocycles. The van der Waals surface area contributed by atoms with Crippen LogP contribution in [-0.4, -0.2) is 40.1 Å². The summed E-state index contributed by atoms with van der Waals surface area (Å²) in [7, 11) is 0. The minimum Gasteiger partial charge on any atom is -0.481 e. The SMILES string of the molecule is NC(=S)N(CCC(=O)NCCC(=O)O)Cc1ccccc1. The number of carbonyl (C=O) groups is 2. The fraction of sp³-hybridized carbons (Fsp3) is 0.357. The Balaban J connectivity index is 2.39. The molecule has 0 aliphatic carbocycles. The third-order valence-electron chi connectivity index (χ3n) is 2.80. The molecule has 1 rings (SSSR count).